The van der Waals surface area contributed by atoms with Crippen molar-refractivity contribution in [3.05, 3.63) is 42.0 Å². The van der Waals surface area contributed by atoms with Crippen molar-refractivity contribution in [3.63, 3.8) is 0 Å². The fourth-order valence-electron chi connectivity index (χ4n) is 2.11. The molecule has 1 atom stereocenters. The highest BCUT2D eigenvalue weighted by Crippen LogP contribution is 2.43. The molecule has 1 aromatic carbocycles. The Hall–Kier alpha value is -2.15. The van der Waals surface area contributed by atoms with Crippen LogP contribution in [0.3, 0.4) is 0 Å². The molecule has 5 nitrogen and oxygen atoms in total. The molecule has 1 N–H and O–H groups in total. The predicted molar refractivity (Wildman–Crippen MR) is 69.2 cm³/mol. The van der Waals surface area contributed by atoms with Gasteiger partial charge in [-0.1, -0.05) is 12.1 Å². The summed E-state index contributed by atoms with van der Waals surface area (Å²) in [4.78, 5) is 7.09. The third kappa shape index (κ3) is 3.13. The lowest BCUT2D eigenvalue weighted by Crippen LogP contribution is -2.26. The van der Waals surface area contributed by atoms with Crippen molar-refractivity contribution in [2.45, 2.75) is 32.4 Å². The van der Waals surface area contributed by atoms with E-state index in [1.54, 1.807) is 24.5 Å². The number of hydrogen-bond donors (Lipinski definition) is 1. The van der Waals surface area contributed by atoms with Crippen LogP contribution in [0, 0.1) is 0 Å². The summed E-state index contributed by atoms with van der Waals surface area (Å²) in [7, 11) is 0. The Morgan fingerprint density at radius 3 is 3.00 bits per heavy atom. The number of hydrogen-bond acceptors (Lipinski definition) is 4. The summed E-state index contributed by atoms with van der Waals surface area (Å²) in [5.41, 5.74) is 0.524. The van der Waals surface area contributed by atoms with Crippen LogP contribution in [0.4, 0.5) is 8.78 Å². The molecule has 3 rings (SSSR count). The Morgan fingerprint density at radius 1 is 1.38 bits per heavy atom. The summed E-state index contributed by atoms with van der Waals surface area (Å²) in [6.45, 7) is 2.04. The maximum atomic E-state index is 13.1. The molecule has 0 saturated heterocycles. The van der Waals surface area contributed by atoms with Crippen molar-refractivity contribution in [1.82, 2.24) is 9.97 Å². The topological polar surface area (TPSA) is 56.4 Å². The van der Waals surface area contributed by atoms with E-state index in [0.29, 0.717) is 12.0 Å². The Bertz CT molecular complexity index is 617. The number of imidazole rings is 1. The minimum atomic E-state index is -3.61. The quantitative estimate of drug-likeness (QED) is 0.921. The molecule has 0 saturated carbocycles. The summed E-state index contributed by atoms with van der Waals surface area (Å²) < 4.78 is 40.7. The molecule has 2 aromatic rings. The molecule has 112 valence electrons. The van der Waals surface area contributed by atoms with E-state index in [4.69, 9.17) is 4.74 Å². The number of aromatic amines is 1. The van der Waals surface area contributed by atoms with E-state index in [2.05, 4.69) is 19.4 Å². The van der Waals surface area contributed by atoms with Gasteiger partial charge in [-0.3, -0.25) is 0 Å². The minimum absolute atomic E-state index is 0.0276. The molecule has 1 aliphatic rings. The van der Waals surface area contributed by atoms with Gasteiger partial charge in [0.25, 0.3) is 0 Å². The number of rotatable bonds is 5. The largest absolute Gasteiger partial charge is 0.586 e. The third-order valence-corrected chi connectivity index (χ3v) is 3.07. The molecular formula is C14H14F2N2O3. The van der Waals surface area contributed by atoms with Gasteiger partial charge in [0.05, 0.1) is 12.7 Å². The van der Waals surface area contributed by atoms with Gasteiger partial charge < -0.3 is 19.2 Å². The van der Waals surface area contributed by atoms with Crippen LogP contribution in [0.15, 0.2) is 30.6 Å². The Morgan fingerprint density at radius 2 is 2.24 bits per heavy atom. The van der Waals surface area contributed by atoms with E-state index in [9.17, 15) is 8.78 Å². The summed E-state index contributed by atoms with van der Waals surface area (Å²) in [6.07, 6.45) is 0.279. The van der Waals surface area contributed by atoms with Gasteiger partial charge in [-0.15, -0.1) is 8.78 Å². The van der Waals surface area contributed by atoms with E-state index >= 15 is 0 Å². The van der Waals surface area contributed by atoms with Crippen molar-refractivity contribution in [2.75, 3.05) is 0 Å². The molecule has 7 heteroatoms. The Balaban J connectivity index is 1.63. The van der Waals surface area contributed by atoms with Crippen molar-refractivity contribution >= 4 is 0 Å². The average molecular weight is 296 g/mol. The highest BCUT2D eigenvalue weighted by atomic mass is 19.3. The van der Waals surface area contributed by atoms with Gasteiger partial charge in [-0.25, -0.2) is 4.98 Å². The van der Waals surface area contributed by atoms with Gasteiger partial charge in [0.15, 0.2) is 11.5 Å². The lowest BCUT2D eigenvalue weighted by Gasteiger charge is -2.13. The highest BCUT2D eigenvalue weighted by Gasteiger charge is 2.44. The lowest BCUT2D eigenvalue weighted by molar-refractivity contribution is -0.287. The maximum Gasteiger partial charge on any atom is 0.586 e. The normalized spacial score (nSPS) is 16.9. The van der Waals surface area contributed by atoms with E-state index in [0.717, 1.165) is 5.82 Å². The van der Waals surface area contributed by atoms with Crippen LogP contribution in [0.1, 0.15) is 18.3 Å². The number of benzene rings is 1. The SMILES string of the molecule is CC(Cc1ncc[nH]1)OCc1cccc2c1OC(F)(F)O2. The second-order valence-electron chi connectivity index (χ2n) is 4.77. The number of aromatic nitrogens is 2. The Labute approximate surface area is 119 Å². The number of H-pyrrole nitrogens is 1. The molecule has 0 radical (unpaired) electrons. The smallest absolute Gasteiger partial charge is 0.395 e. The average Bonchev–Trinajstić information content (AvgIpc) is 3.01. The van der Waals surface area contributed by atoms with Crippen LogP contribution in [0.25, 0.3) is 0 Å². The summed E-state index contributed by atoms with van der Waals surface area (Å²) in [5.74, 6) is 0.874. The first-order valence-corrected chi connectivity index (χ1v) is 6.51. The van der Waals surface area contributed by atoms with Crippen LogP contribution >= 0.6 is 0 Å². The van der Waals surface area contributed by atoms with E-state index in [1.807, 2.05) is 6.92 Å². The fraction of sp³-hybridized carbons (Fsp3) is 0.357. The number of nitrogens with one attached hydrogen (secondary N) is 1. The molecule has 0 aliphatic carbocycles. The highest BCUT2D eigenvalue weighted by molar-refractivity contribution is 5.48. The zero-order valence-electron chi connectivity index (χ0n) is 11.3. The molecular weight excluding hydrogens is 282 g/mol. The van der Waals surface area contributed by atoms with E-state index in [1.165, 1.54) is 6.07 Å². The van der Waals surface area contributed by atoms with E-state index in [-0.39, 0.29) is 24.2 Å². The molecule has 1 aliphatic heterocycles. The number of halogens is 2. The van der Waals surface area contributed by atoms with E-state index < -0.39 is 6.29 Å². The molecule has 0 spiro atoms. The molecule has 0 fully saturated rings. The first-order chi connectivity index (χ1) is 10.0. The van der Waals surface area contributed by atoms with Crippen molar-refractivity contribution in [1.29, 1.82) is 0 Å². The predicted octanol–water partition coefficient (Wildman–Crippen LogP) is 2.88. The molecule has 1 aromatic heterocycles. The molecule has 0 amide bonds. The van der Waals surface area contributed by atoms with Crippen molar-refractivity contribution in [2.24, 2.45) is 0 Å². The lowest BCUT2D eigenvalue weighted by atomic mass is 10.2. The van der Waals surface area contributed by atoms with Gasteiger partial charge in [0.2, 0.25) is 0 Å². The number of fused-ring (bicyclic) bond motifs is 1. The maximum absolute atomic E-state index is 13.1. The van der Waals surface area contributed by atoms with Crippen molar-refractivity contribution < 1.29 is 23.0 Å². The molecule has 1 unspecified atom stereocenters. The van der Waals surface area contributed by atoms with Gasteiger partial charge >= 0.3 is 6.29 Å². The second kappa shape index (κ2) is 5.33. The summed E-state index contributed by atoms with van der Waals surface area (Å²) in [5, 5.41) is 0. The fourth-order valence-corrected chi connectivity index (χ4v) is 2.11. The van der Waals surface area contributed by atoms with Gasteiger partial charge in [-0.2, -0.15) is 0 Å². The van der Waals surface area contributed by atoms with Crippen LogP contribution < -0.4 is 9.47 Å². The van der Waals surface area contributed by atoms with Crippen molar-refractivity contribution in [3.8, 4) is 11.5 Å². The van der Waals surface area contributed by atoms with Crippen LogP contribution in [-0.4, -0.2) is 22.4 Å². The zero-order valence-corrected chi connectivity index (χ0v) is 11.3. The molecule has 2 heterocycles. The zero-order chi connectivity index (χ0) is 14.9. The Kier molecular flexibility index (Phi) is 3.50. The van der Waals surface area contributed by atoms with Gasteiger partial charge in [0, 0.05) is 24.4 Å². The molecule has 21 heavy (non-hydrogen) atoms. The number of ether oxygens (including phenoxy) is 3. The molecule has 0 bridgehead atoms. The monoisotopic (exact) mass is 296 g/mol. The van der Waals surface area contributed by atoms with Gasteiger partial charge in [-0.05, 0) is 13.0 Å². The third-order valence-electron chi connectivity index (χ3n) is 3.07. The number of alkyl halides is 2. The summed E-state index contributed by atoms with van der Waals surface area (Å²) >= 11 is 0. The first-order valence-electron chi connectivity index (χ1n) is 6.51. The van der Waals surface area contributed by atoms with Crippen LogP contribution in [-0.2, 0) is 17.8 Å². The number of para-hydroxylation sites is 1. The second-order valence-corrected chi connectivity index (χ2v) is 4.77. The first kappa shape index (κ1) is 13.8. The summed E-state index contributed by atoms with van der Waals surface area (Å²) in [6, 6.07) is 4.73. The standard InChI is InChI=1S/C14H14F2N2O3/c1-9(7-12-17-5-6-18-12)19-8-10-3-2-4-11-13(10)21-14(15,16)20-11/h2-6,9H,7-8H2,1H3,(H,17,18). The van der Waals surface area contributed by atoms with Crippen LogP contribution in [0.5, 0.6) is 11.5 Å². The van der Waals surface area contributed by atoms with Crippen LogP contribution in [0.2, 0.25) is 0 Å². The number of nitrogens with zero attached hydrogens (tertiary/aromatic N) is 1. The van der Waals surface area contributed by atoms with Gasteiger partial charge in [0.1, 0.15) is 5.82 Å². The minimum Gasteiger partial charge on any atom is -0.395 e.